The van der Waals surface area contributed by atoms with E-state index in [1.54, 1.807) is 16.7 Å². The molecule has 2 amide bonds. The first-order valence-corrected chi connectivity index (χ1v) is 8.07. The first-order chi connectivity index (χ1) is 9.63. The van der Waals surface area contributed by atoms with Crippen molar-refractivity contribution in [2.45, 2.75) is 24.6 Å². The van der Waals surface area contributed by atoms with Crippen LogP contribution in [-0.2, 0) is 9.59 Å². The molecule has 1 heterocycles. The minimum absolute atomic E-state index is 0.00763. The van der Waals surface area contributed by atoms with Gasteiger partial charge in [-0.05, 0) is 18.2 Å². The molecule has 0 radical (unpaired) electrons. The second kappa shape index (κ2) is 6.79. The van der Waals surface area contributed by atoms with E-state index >= 15 is 0 Å². The van der Waals surface area contributed by atoms with Crippen molar-refractivity contribution in [1.29, 1.82) is 0 Å². The minimum Gasteiger partial charge on any atom is -0.345 e. The van der Waals surface area contributed by atoms with Crippen LogP contribution in [0.2, 0.25) is 0 Å². The largest absolute Gasteiger partial charge is 0.345 e. The molecule has 0 saturated carbocycles. The lowest BCUT2D eigenvalue weighted by atomic mass is 10.0. The van der Waals surface area contributed by atoms with E-state index < -0.39 is 6.04 Å². The van der Waals surface area contributed by atoms with Gasteiger partial charge in [-0.25, -0.2) is 0 Å². The van der Waals surface area contributed by atoms with E-state index in [-0.39, 0.29) is 18.4 Å². The molecule has 5 heteroatoms. The van der Waals surface area contributed by atoms with E-state index in [0.29, 0.717) is 11.8 Å². The van der Waals surface area contributed by atoms with Crippen LogP contribution in [0.15, 0.2) is 30.3 Å². The number of amides is 2. The number of carbonyl (C=O) groups excluding carboxylic acids is 2. The third kappa shape index (κ3) is 3.33. The van der Waals surface area contributed by atoms with Crippen molar-refractivity contribution in [3.8, 4) is 0 Å². The van der Waals surface area contributed by atoms with Gasteiger partial charge in [-0.1, -0.05) is 37.3 Å². The Labute approximate surface area is 123 Å². The van der Waals surface area contributed by atoms with Crippen LogP contribution in [0.1, 0.15) is 24.9 Å². The highest BCUT2D eigenvalue weighted by Gasteiger charge is 2.35. The Bertz CT molecular complexity index is 478. The maximum absolute atomic E-state index is 12.2. The van der Waals surface area contributed by atoms with Gasteiger partial charge in [0, 0.05) is 11.8 Å². The van der Waals surface area contributed by atoms with Gasteiger partial charge in [-0.2, -0.15) is 11.8 Å². The minimum atomic E-state index is -0.494. The Hall–Kier alpha value is -1.49. The van der Waals surface area contributed by atoms with Crippen molar-refractivity contribution in [3.63, 3.8) is 0 Å². The third-order valence-corrected chi connectivity index (χ3v) is 4.63. The highest BCUT2D eigenvalue weighted by molar-refractivity contribution is 7.99. The Morgan fingerprint density at radius 2 is 2.05 bits per heavy atom. The molecule has 1 aliphatic heterocycles. The van der Waals surface area contributed by atoms with E-state index in [9.17, 15) is 9.59 Å². The molecule has 1 aromatic rings. The van der Waals surface area contributed by atoms with E-state index in [1.807, 2.05) is 30.3 Å². The predicted octanol–water partition coefficient (Wildman–Crippen LogP) is 1.83. The predicted molar refractivity (Wildman–Crippen MR) is 81.5 cm³/mol. The number of benzene rings is 1. The number of hydrogen-bond acceptors (Lipinski definition) is 3. The molecule has 108 valence electrons. The van der Waals surface area contributed by atoms with E-state index in [0.717, 1.165) is 12.0 Å². The topological polar surface area (TPSA) is 49.4 Å². The number of thioether (sulfide) groups is 1. The van der Waals surface area contributed by atoms with Gasteiger partial charge in [0.05, 0.1) is 6.54 Å². The lowest BCUT2D eigenvalue weighted by Crippen LogP contribution is -2.53. The number of piperazine rings is 1. The molecule has 0 aliphatic carbocycles. The molecule has 2 unspecified atom stereocenters. The van der Waals surface area contributed by atoms with Crippen LogP contribution in [0.3, 0.4) is 0 Å². The smallest absolute Gasteiger partial charge is 0.247 e. The SMILES string of the molecule is CSC(C)CCN1C(=O)CNC(=O)C1c1ccccc1. The molecule has 0 spiro atoms. The molecule has 1 aromatic carbocycles. The molecular weight excluding hydrogens is 272 g/mol. The number of nitrogens with zero attached hydrogens (tertiary/aromatic N) is 1. The normalized spacial score (nSPS) is 20.7. The van der Waals surface area contributed by atoms with Crippen LogP contribution in [-0.4, -0.2) is 41.3 Å². The van der Waals surface area contributed by atoms with Gasteiger partial charge in [0.15, 0.2) is 0 Å². The van der Waals surface area contributed by atoms with Crippen molar-refractivity contribution < 1.29 is 9.59 Å². The zero-order valence-corrected chi connectivity index (χ0v) is 12.7. The van der Waals surface area contributed by atoms with Gasteiger partial charge in [-0.3, -0.25) is 9.59 Å². The Kier molecular flexibility index (Phi) is 5.06. The Morgan fingerprint density at radius 1 is 1.35 bits per heavy atom. The second-order valence-electron chi connectivity index (χ2n) is 4.95. The monoisotopic (exact) mass is 292 g/mol. The molecule has 1 aliphatic rings. The molecule has 1 fully saturated rings. The summed E-state index contributed by atoms with van der Waals surface area (Å²) in [4.78, 5) is 26.0. The average Bonchev–Trinajstić information content (AvgIpc) is 2.48. The third-order valence-electron chi connectivity index (χ3n) is 3.59. The number of rotatable bonds is 5. The summed E-state index contributed by atoms with van der Waals surface area (Å²) >= 11 is 1.77. The molecule has 2 atom stereocenters. The van der Waals surface area contributed by atoms with Crippen molar-refractivity contribution in [3.05, 3.63) is 35.9 Å². The highest BCUT2D eigenvalue weighted by Crippen LogP contribution is 2.25. The summed E-state index contributed by atoms with van der Waals surface area (Å²) in [5.41, 5.74) is 0.870. The van der Waals surface area contributed by atoms with Gasteiger partial charge < -0.3 is 10.2 Å². The van der Waals surface area contributed by atoms with Crippen LogP contribution in [0.5, 0.6) is 0 Å². The summed E-state index contributed by atoms with van der Waals surface area (Å²) < 4.78 is 0. The Morgan fingerprint density at radius 3 is 2.70 bits per heavy atom. The van der Waals surface area contributed by atoms with Gasteiger partial charge in [0.1, 0.15) is 6.04 Å². The average molecular weight is 292 g/mol. The maximum Gasteiger partial charge on any atom is 0.247 e. The Balaban J connectivity index is 2.19. The fraction of sp³-hybridized carbons (Fsp3) is 0.467. The fourth-order valence-corrected chi connectivity index (χ4v) is 2.65. The zero-order chi connectivity index (χ0) is 14.5. The molecule has 1 saturated heterocycles. The summed E-state index contributed by atoms with van der Waals surface area (Å²) in [6, 6.07) is 8.99. The molecule has 0 aromatic heterocycles. The first kappa shape index (κ1) is 14.9. The molecule has 1 N–H and O–H groups in total. The second-order valence-corrected chi connectivity index (χ2v) is 6.23. The van der Waals surface area contributed by atoms with E-state index in [4.69, 9.17) is 0 Å². The molecule has 0 bridgehead atoms. The van der Waals surface area contributed by atoms with Crippen molar-refractivity contribution in [1.82, 2.24) is 10.2 Å². The van der Waals surface area contributed by atoms with Crippen molar-refractivity contribution in [2.75, 3.05) is 19.3 Å². The summed E-state index contributed by atoms with van der Waals surface area (Å²) in [6.45, 7) is 2.86. The van der Waals surface area contributed by atoms with Gasteiger partial charge in [0.2, 0.25) is 11.8 Å². The van der Waals surface area contributed by atoms with Crippen LogP contribution < -0.4 is 5.32 Å². The van der Waals surface area contributed by atoms with Crippen molar-refractivity contribution >= 4 is 23.6 Å². The molecule has 2 rings (SSSR count). The lowest BCUT2D eigenvalue weighted by Gasteiger charge is -2.35. The number of hydrogen-bond donors (Lipinski definition) is 1. The molecule has 20 heavy (non-hydrogen) atoms. The van der Waals surface area contributed by atoms with Gasteiger partial charge in [0.25, 0.3) is 0 Å². The zero-order valence-electron chi connectivity index (χ0n) is 11.8. The van der Waals surface area contributed by atoms with Gasteiger partial charge >= 0.3 is 0 Å². The lowest BCUT2D eigenvalue weighted by molar-refractivity contribution is -0.145. The summed E-state index contributed by atoms with van der Waals surface area (Å²) in [7, 11) is 0. The summed E-state index contributed by atoms with van der Waals surface area (Å²) in [5, 5.41) is 3.15. The van der Waals surface area contributed by atoms with Crippen LogP contribution in [0, 0.1) is 0 Å². The molecule has 4 nitrogen and oxygen atoms in total. The van der Waals surface area contributed by atoms with Gasteiger partial charge in [-0.15, -0.1) is 0 Å². The van der Waals surface area contributed by atoms with Crippen LogP contribution in [0.4, 0.5) is 0 Å². The van der Waals surface area contributed by atoms with Crippen LogP contribution >= 0.6 is 11.8 Å². The molecular formula is C15H20N2O2S. The van der Waals surface area contributed by atoms with Crippen molar-refractivity contribution in [2.24, 2.45) is 0 Å². The van der Waals surface area contributed by atoms with E-state index in [1.165, 1.54) is 0 Å². The highest BCUT2D eigenvalue weighted by atomic mass is 32.2. The van der Waals surface area contributed by atoms with Crippen LogP contribution in [0.25, 0.3) is 0 Å². The first-order valence-electron chi connectivity index (χ1n) is 6.78. The fourth-order valence-electron chi connectivity index (χ4n) is 2.31. The summed E-state index contributed by atoms with van der Waals surface area (Å²) in [6.07, 6.45) is 2.95. The summed E-state index contributed by atoms with van der Waals surface area (Å²) in [5.74, 6) is -0.0978. The maximum atomic E-state index is 12.2. The standard InChI is InChI=1S/C15H20N2O2S/c1-11(20-2)8-9-17-13(18)10-16-15(19)14(17)12-6-4-3-5-7-12/h3-7,11,14H,8-10H2,1-2H3,(H,16,19). The number of nitrogens with one attached hydrogen (secondary N) is 1. The number of carbonyl (C=O) groups is 2. The van der Waals surface area contributed by atoms with E-state index in [2.05, 4.69) is 18.5 Å². The quantitative estimate of drug-likeness (QED) is 0.900.